The number of carboxylic acid groups (broad SMARTS) is 1. The summed E-state index contributed by atoms with van der Waals surface area (Å²) in [5, 5.41) is 8.70. The van der Waals surface area contributed by atoms with Crippen molar-refractivity contribution < 1.29 is 18.3 Å². The summed E-state index contributed by atoms with van der Waals surface area (Å²) in [6, 6.07) is 13.3. The quantitative estimate of drug-likeness (QED) is 0.921. The van der Waals surface area contributed by atoms with Crippen molar-refractivity contribution in [2.45, 2.75) is 24.0 Å². The highest BCUT2D eigenvalue weighted by atomic mass is 32.2. The Morgan fingerprint density at radius 3 is 2.00 bits per heavy atom. The third kappa shape index (κ3) is 4.16. The van der Waals surface area contributed by atoms with Crippen LogP contribution in [0, 0.1) is 6.92 Å². The molecule has 1 N–H and O–H groups in total. The van der Waals surface area contributed by atoms with E-state index < -0.39 is 15.8 Å². The lowest BCUT2D eigenvalue weighted by Gasteiger charge is -2.06. The first kappa shape index (κ1) is 15.3. The summed E-state index contributed by atoms with van der Waals surface area (Å²) in [7, 11) is -3.38. The van der Waals surface area contributed by atoms with Crippen molar-refractivity contribution in [2.24, 2.45) is 0 Å². The van der Waals surface area contributed by atoms with Crippen LogP contribution in [0.15, 0.2) is 53.4 Å². The molecule has 0 spiro atoms. The molecule has 4 nitrogen and oxygen atoms in total. The molecule has 0 heterocycles. The Morgan fingerprint density at radius 2 is 1.48 bits per heavy atom. The van der Waals surface area contributed by atoms with Crippen LogP contribution in [0.5, 0.6) is 0 Å². The van der Waals surface area contributed by atoms with Gasteiger partial charge in [-0.15, -0.1) is 0 Å². The van der Waals surface area contributed by atoms with E-state index in [-0.39, 0.29) is 12.2 Å². The maximum Gasteiger partial charge on any atom is 0.307 e. The lowest BCUT2D eigenvalue weighted by Crippen LogP contribution is -2.05. The minimum absolute atomic E-state index is 0.0645. The molecule has 2 rings (SSSR count). The molecule has 0 atom stereocenters. The first-order chi connectivity index (χ1) is 9.87. The monoisotopic (exact) mass is 304 g/mol. The van der Waals surface area contributed by atoms with E-state index in [1.54, 1.807) is 48.5 Å². The SMILES string of the molecule is Cc1ccc(S(=O)(=O)Cc2ccc(CC(=O)O)cc2)cc1. The van der Waals surface area contributed by atoms with Crippen molar-refractivity contribution in [1.29, 1.82) is 0 Å². The van der Waals surface area contributed by atoms with Crippen LogP contribution in [0.25, 0.3) is 0 Å². The van der Waals surface area contributed by atoms with E-state index in [9.17, 15) is 13.2 Å². The third-order valence-electron chi connectivity index (χ3n) is 3.12. The Morgan fingerprint density at radius 1 is 0.952 bits per heavy atom. The zero-order valence-corrected chi connectivity index (χ0v) is 12.4. The van der Waals surface area contributed by atoms with Gasteiger partial charge in [-0.25, -0.2) is 8.42 Å². The molecule has 0 bridgehead atoms. The van der Waals surface area contributed by atoms with E-state index in [1.807, 2.05) is 6.92 Å². The van der Waals surface area contributed by atoms with E-state index >= 15 is 0 Å². The van der Waals surface area contributed by atoms with Crippen LogP contribution >= 0.6 is 0 Å². The van der Waals surface area contributed by atoms with Gasteiger partial charge in [0.2, 0.25) is 0 Å². The topological polar surface area (TPSA) is 71.4 Å². The van der Waals surface area contributed by atoms with Crippen molar-refractivity contribution in [1.82, 2.24) is 0 Å². The van der Waals surface area contributed by atoms with Gasteiger partial charge in [0.25, 0.3) is 0 Å². The average molecular weight is 304 g/mol. The van der Waals surface area contributed by atoms with Crippen LogP contribution in [0.3, 0.4) is 0 Å². The molecule has 0 aromatic heterocycles. The number of benzene rings is 2. The van der Waals surface area contributed by atoms with Gasteiger partial charge in [-0.2, -0.15) is 0 Å². The zero-order chi connectivity index (χ0) is 15.5. The molecular formula is C16H16O4S. The summed E-state index contributed by atoms with van der Waals surface area (Å²) >= 11 is 0. The molecule has 2 aromatic carbocycles. The zero-order valence-electron chi connectivity index (χ0n) is 11.6. The highest BCUT2D eigenvalue weighted by Crippen LogP contribution is 2.17. The fraction of sp³-hybridized carbons (Fsp3) is 0.188. The summed E-state index contributed by atoms with van der Waals surface area (Å²) < 4.78 is 24.6. The first-order valence-corrected chi connectivity index (χ1v) is 8.11. The van der Waals surface area contributed by atoms with Gasteiger partial charge >= 0.3 is 5.97 Å². The van der Waals surface area contributed by atoms with Crippen LogP contribution < -0.4 is 0 Å². The van der Waals surface area contributed by atoms with Crippen molar-refractivity contribution in [3.8, 4) is 0 Å². The number of hydrogen-bond donors (Lipinski definition) is 1. The largest absolute Gasteiger partial charge is 0.481 e. The maximum absolute atomic E-state index is 12.3. The molecule has 2 aromatic rings. The summed E-state index contributed by atoms with van der Waals surface area (Å²) in [4.78, 5) is 10.9. The molecule has 0 amide bonds. The fourth-order valence-corrected chi connectivity index (χ4v) is 3.33. The molecule has 5 heteroatoms. The van der Waals surface area contributed by atoms with Crippen LogP contribution in [0.4, 0.5) is 0 Å². The van der Waals surface area contributed by atoms with Crippen LogP contribution in [-0.4, -0.2) is 19.5 Å². The molecule has 0 aliphatic carbocycles. The summed E-state index contributed by atoms with van der Waals surface area (Å²) in [5.74, 6) is -1.00. The number of rotatable bonds is 5. The summed E-state index contributed by atoms with van der Waals surface area (Å²) in [5.41, 5.74) is 2.30. The highest BCUT2D eigenvalue weighted by molar-refractivity contribution is 7.90. The smallest absolute Gasteiger partial charge is 0.307 e. The number of aliphatic carboxylic acids is 1. The Labute approximate surface area is 124 Å². The van der Waals surface area contributed by atoms with Gasteiger partial charge in [-0.05, 0) is 30.2 Å². The second kappa shape index (κ2) is 6.10. The van der Waals surface area contributed by atoms with Crippen molar-refractivity contribution in [2.75, 3.05) is 0 Å². The minimum Gasteiger partial charge on any atom is -0.481 e. The van der Waals surface area contributed by atoms with Gasteiger partial charge in [0.05, 0.1) is 17.1 Å². The van der Waals surface area contributed by atoms with Crippen molar-refractivity contribution >= 4 is 15.8 Å². The molecule has 0 fully saturated rings. The van der Waals surface area contributed by atoms with E-state index in [0.717, 1.165) is 5.56 Å². The standard InChI is InChI=1S/C16H16O4S/c1-12-2-8-15(9-3-12)21(19,20)11-14-6-4-13(5-7-14)10-16(17)18/h2-9H,10-11H2,1H3,(H,17,18). The predicted molar refractivity (Wildman–Crippen MR) is 79.9 cm³/mol. The van der Waals surface area contributed by atoms with Gasteiger partial charge in [0.15, 0.2) is 9.84 Å². The van der Waals surface area contributed by atoms with E-state index in [1.165, 1.54) is 0 Å². The second-order valence-corrected chi connectivity index (χ2v) is 6.95. The van der Waals surface area contributed by atoms with E-state index in [0.29, 0.717) is 16.0 Å². The number of aryl methyl sites for hydroxylation is 1. The Bertz CT molecular complexity index is 729. The van der Waals surface area contributed by atoms with Gasteiger partial charge in [-0.1, -0.05) is 42.0 Å². The van der Waals surface area contributed by atoms with E-state index in [4.69, 9.17) is 5.11 Å². The maximum atomic E-state index is 12.3. The highest BCUT2D eigenvalue weighted by Gasteiger charge is 2.15. The number of carbonyl (C=O) groups is 1. The Hall–Kier alpha value is -2.14. The molecule has 21 heavy (non-hydrogen) atoms. The molecule has 0 saturated heterocycles. The average Bonchev–Trinajstić information content (AvgIpc) is 2.40. The molecule has 110 valence electrons. The molecule has 0 radical (unpaired) electrons. The molecular weight excluding hydrogens is 288 g/mol. The lowest BCUT2D eigenvalue weighted by atomic mass is 10.1. The van der Waals surface area contributed by atoms with Crippen LogP contribution in [-0.2, 0) is 26.8 Å². The van der Waals surface area contributed by atoms with Crippen molar-refractivity contribution in [3.63, 3.8) is 0 Å². The van der Waals surface area contributed by atoms with Gasteiger partial charge in [0.1, 0.15) is 0 Å². The Balaban J connectivity index is 2.16. The number of sulfone groups is 1. The number of hydrogen-bond acceptors (Lipinski definition) is 3. The summed E-state index contributed by atoms with van der Waals surface area (Å²) in [6.45, 7) is 1.90. The molecule has 0 aliphatic heterocycles. The van der Waals surface area contributed by atoms with Gasteiger partial charge in [-0.3, -0.25) is 4.79 Å². The first-order valence-electron chi connectivity index (χ1n) is 6.46. The normalized spacial score (nSPS) is 11.3. The van der Waals surface area contributed by atoms with Gasteiger partial charge < -0.3 is 5.11 Å². The van der Waals surface area contributed by atoms with Crippen LogP contribution in [0.2, 0.25) is 0 Å². The molecule has 0 saturated carbocycles. The molecule has 0 aliphatic rings. The van der Waals surface area contributed by atoms with Crippen molar-refractivity contribution in [3.05, 3.63) is 65.2 Å². The minimum atomic E-state index is -3.38. The lowest BCUT2D eigenvalue weighted by molar-refractivity contribution is -0.136. The second-order valence-electron chi connectivity index (χ2n) is 4.96. The fourth-order valence-electron chi connectivity index (χ4n) is 1.98. The van der Waals surface area contributed by atoms with Gasteiger partial charge in [0, 0.05) is 0 Å². The predicted octanol–water partition coefficient (Wildman–Crippen LogP) is 2.60. The van der Waals surface area contributed by atoms with Crippen LogP contribution in [0.1, 0.15) is 16.7 Å². The number of carboxylic acids is 1. The Kier molecular flexibility index (Phi) is 4.43. The molecule has 0 unspecified atom stereocenters. The third-order valence-corrected chi connectivity index (χ3v) is 4.82. The van der Waals surface area contributed by atoms with E-state index in [2.05, 4.69) is 0 Å². The summed E-state index contributed by atoms with van der Waals surface area (Å²) in [6.07, 6.45) is -0.0645.